The molecule has 0 fully saturated rings. The normalized spacial score (nSPS) is 16.8. The average Bonchev–Trinajstić information content (AvgIpc) is 3.19. The van der Waals surface area contributed by atoms with Gasteiger partial charge in [-0.1, -0.05) is 105 Å². The molecule has 0 spiro atoms. The molecule has 0 bridgehead atoms. The first-order chi connectivity index (χ1) is 21.2. The number of nitrogens with zero attached hydrogens (tertiary/aromatic N) is 1. The lowest BCUT2D eigenvalue weighted by molar-refractivity contribution is 0.295. The predicted octanol–water partition coefficient (Wildman–Crippen LogP) is 7.02. The van der Waals surface area contributed by atoms with Gasteiger partial charge in [0.25, 0.3) is 8.32 Å². The minimum Gasteiger partial charge on any atom is -0.493 e. The summed E-state index contributed by atoms with van der Waals surface area (Å²) in [5.74, 6) is 8.19. The average molecular weight is 646 g/mol. The van der Waals surface area contributed by atoms with Crippen molar-refractivity contribution < 1.29 is 13.9 Å². The van der Waals surface area contributed by atoms with Crippen LogP contribution >= 0.6 is 23.4 Å². The highest BCUT2D eigenvalue weighted by molar-refractivity contribution is 8.01. The van der Waals surface area contributed by atoms with E-state index in [-0.39, 0.29) is 15.5 Å². The van der Waals surface area contributed by atoms with Crippen LogP contribution in [0.2, 0.25) is 10.1 Å². The van der Waals surface area contributed by atoms with Crippen LogP contribution in [0.3, 0.4) is 0 Å². The molecule has 0 saturated carbocycles. The van der Waals surface area contributed by atoms with E-state index in [9.17, 15) is 0 Å². The summed E-state index contributed by atoms with van der Waals surface area (Å²) in [6.07, 6.45) is 0.683. The molecule has 0 amide bonds. The van der Waals surface area contributed by atoms with Crippen molar-refractivity contribution in [3.8, 4) is 11.5 Å². The minimum atomic E-state index is -2.71. The van der Waals surface area contributed by atoms with E-state index in [4.69, 9.17) is 36.3 Å². The van der Waals surface area contributed by atoms with Gasteiger partial charge < -0.3 is 19.3 Å². The Hall–Kier alpha value is -3.27. The fourth-order valence-corrected chi connectivity index (χ4v) is 12.3. The summed E-state index contributed by atoms with van der Waals surface area (Å²) in [4.78, 5) is 5.02. The van der Waals surface area contributed by atoms with E-state index >= 15 is 0 Å². The second-order valence-electron chi connectivity index (χ2n) is 11.7. The number of halogens is 1. The van der Waals surface area contributed by atoms with Crippen molar-refractivity contribution in [2.75, 3.05) is 20.8 Å². The number of nitrogens with two attached hydrogens (primary N) is 1. The number of benzene rings is 4. The number of fused-ring (bicyclic) bond motifs is 1. The maximum absolute atomic E-state index is 7.26. The highest BCUT2D eigenvalue weighted by Crippen LogP contribution is 2.50. The summed E-state index contributed by atoms with van der Waals surface area (Å²) in [5, 5.41) is 2.76. The Labute approximate surface area is 271 Å². The molecule has 1 heterocycles. The van der Waals surface area contributed by atoms with Crippen LogP contribution in [-0.4, -0.2) is 40.2 Å². The number of para-hydroxylation sites is 1. The van der Waals surface area contributed by atoms with E-state index in [1.54, 1.807) is 26.0 Å². The van der Waals surface area contributed by atoms with Crippen molar-refractivity contribution in [1.29, 1.82) is 0 Å². The van der Waals surface area contributed by atoms with Crippen LogP contribution in [0.4, 0.5) is 5.69 Å². The number of hydrazine groups is 1. The lowest BCUT2D eigenvalue weighted by Gasteiger charge is -2.43. The molecule has 44 heavy (non-hydrogen) atoms. The smallest absolute Gasteiger partial charge is 0.261 e. The molecular weight excluding hydrogens is 606 g/mol. The molecule has 0 aliphatic carbocycles. The molecule has 0 saturated heterocycles. The minimum absolute atomic E-state index is 0.106. The van der Waals surface area contributed by atoms with Gasteiger partial charge in [-0.2, -0.15) is 0 Å². The Bertz CT molecular complexity index is 1560. The first kappa shape index (κ1) is 32.1. The Morgan fingerprint density at radius 1 is 0.864 bits per heavy atom. The van der Waals surface area contributed by atoms with Gasteiger partial charge in [-0.25, -0.2) is 10.8 Å². The number of amidine groups is 1. The molecule has 230 valence electrons. The molecule has 4 aromatic carbocycles. The second-order valence-corrected chi connectivity index (χ2v) is 17.8. The van der Waals surface area contributed by atoms with Crippen molar-refractivity contribution in [3.05, 3.63) is 113 Å². The largest absolute Gasteiger partial charge is 0.493 e. The Morgan fingerprint density at radius 3 is 2.09 bits per heavy atom. The third-order valence-electron chi connectivity index (χ3n) is 8.10. The number of nitrogens with one attached hydrogen (secondary N) is 1. The van der Waals surface area contributed by atoms with Crippen molar-refractivity contribution in [2.24, 2.45) is 10.8 Å². The van der Waals surface area contributed by atoms with E-state index in [1.807, 2.05) is 30.3 Å². The fourth-order valence-electron chi connectivity index (χ4n) is 6.11. The van der Waals surface area contributed by atoms with Gasteiger partial charge in [0.15, 0.2) is 11.5 Å². The monoisotopic (exact) mass is 645 g/mol. The Balaban J connectivity index is 1.54. The summed E-state index contributed by atoms with van der Waals surface area (Å²) >= 11 is 8.30. The number of rotatable bonds is 9. The maximum Gasteiger partial charge on any atom is 0.261 e. The van der Waals surface area contributed by atoms with Gasteiger partial charge in [0, 0.05) is 17.2 Å². The van der Waals surface area contributed by atoms with Gasteiger partial charge in [-0.3, -0.25) is 0 Å². The molecule has 0 unspecified atom stereocenters. The summed E-state index contributed by atoms with van der Waals surface area (Å²) < 4.78 is 18.8. The molecule has 4 aromatic rings. The second kappa shape index (κ2) is 13.8. The molecule has 1 aliphatic rings. The van der Waals surface area contributed by atoms with Gasteiger partial charge in [-0.05, 0) is 51.7 Å². The standard InChI is InChI=1S/C35H40ClN3O3SSi/c1-35(2,3)44(25-13-8-6-9-14-25,26-15-10-7-11-16-26)42-22-21-31-34(39-37)38-29-20-19-24(36)23-28(29)33(43-31)27-17-12-18-30(40-4)32(27)41-5/h6-20,23,31,33H,21-22,37H2,1-5H3,(H,38,39)/t31-,33-/m1/s1. The molecule has 1 aliphatic heterocycles. The maximum atomic E-state index is 7.26. The van der Waals surface area contributed by atoms with Gasteiger partial charge >= 0.3 is 0 Å². The number of hydrogen-bond donors (Lipinski definition) is 2. The van der Waals surface area contributed by atoms with Gasteiger partial charge in [0.2, 0.25) is 0 Å². The Kier molecular flexibility index (Phi) is 10.1. The van der Waals surface area contributed by atoms with Crippen molar-refractivity contribution in [2.45, 2.75) is 42.7 Å². The topological polar surface area (TPSA) is 78.1 Å². The van der Waals surface area contributed by atoms with Crippen LogP contribution in [0.5, 0.6) is 11.5 Å². The zero-order valence-electron chi connectivity index (χ0n) is 25.8. The summed E-state index contributed by atoms with van der Waals surface area (Å²) in [6.45, 7) is 7.39. The molecule has 0 aromatic heterocycles. The zero-order chi connectivity index (χ0) is 31.3. The quantitative estimate of drug-likeness (QED) is 0.116. The van der Waals surface area contributed by atoms with E-state index < -0.39 is 8.32 Å². The van der Waals surface area contributed by atoms with E-state index in [2.05, 4.69) is 92.9 Å². The SMILES string of the molecule is COc1cccc([C@H]2S[C@H](CCO[Si](c3ccccc3)(c3ccccc3)C(C)(C)C)C(NN)=Nc3ccc(Cl)cc32)c1OC. The third-order valence-corrected chi connectivity index (χ3v) is 14.9. The highest BCUT2D eigenvalue weighted by atomic mass is 35.5. The van der Waals surface area contributed by atoms with Crippen LogP contribution in [-0.2, 0) is 4.43 Å². The van der Waals surface area contributed by atoms with E-state index in [0.29, 0.717) is 35.4 Å². The lowest BCUT2D eigenvalue weighted by atomic mass is 10.0. The van der Waals surface area contributed by atoms with E-state index in [0.717, 1.165) is 16.8 Å². The highest BCUT2D eigenvalue weighted by Gasteiger charge is 2.50. The summed E-state index contributed by atoms with van der Waals surface area (Å²) in [5.41, 5.74) is 5.68. The number of methoxy groups -OCH3 is 2. The van der Waals surface area contributed by atoms with Crippen molar-refractivity contribution >= 4 is 53.6 Å². The zero-order valence-corrected chi connectivity index (χ0v) is 28.4. The number of ether oxygens (including phenoxy) is 2. The Morgan fingerprint density at radius 2 is 1.52 bits per heavy atom. The molecule has 3 N–H and O–H groups in total. The predicted molar refractivity (Wildman–Crippen MR) is 187 cm³/mol. The van der Waals surface area contributed by atoms with Crippen LogP contribution in [0.25, 0.3) is 0 Å². The molecule has 5 rings (SSSR count). The van der Waals surface area contributed by atoms with Crippen LogP contribution < -0.4 is 31.1 Å². The number of thioether (sulfide) groups is 1. The first-order valence-electron chi connectivity index (χ1n) is 14.7. The van der Waals surface area contributed by atoms with E-state index in [1.165, 1.54) is 10.4 Å². The summed E-state index contributed by atoms with van der Waals surface area (Å²) in [7, 11) is 0.604. The first-order valence-corrected chi connectivity index (χ1v) is 17.9. The number of aliphatic imine (C=N–C) groups is 1. The molecule has 0 radical (unpaired) electrons. The molecule has 6 nitrogen and oxygen atoms in total. The molecule has 2 atom stereocenters. The lowest BCUT2D eigenvalue weighted by Crippen LogP contribution is -2.66. The van der Waals surface area contributed by atoms with Crippen molar-refractivity contribution in [1.82, 2.24) is 5.43 Å². The van der Waals surface area contributed by atoms with Crippen LogP contribution in [0, 0.1) is 0 Å². The summed E-state index contributed by atoms with van der Waals surface area (Å²) in [6, 6.07) is 33.1. The van der Waals surface area contributed by atoms with Crippen LogP contribution in [0.1, 0.15) is 43.6 Å². The van der Waals surface area contributed by atoms with Gasteiger partial charge in [-0.15, -0.1) is 11.8 Å². The van der Waals surface area contributed by atoms with Gasteiger partial charge in [0.1, 0.15) is 5.84 Å². The number of hydrogen-bond acceptors (Lipinski definition) is 7. The van der Waals surface area contributed by atoms with Crippen LogP contribution in [0.15, 0.2) is 102 Å². The van der Waals surface area contributed by atoms with Gasteiger partial charge in [0.05, 0.1) is 30.4 Å². The molecule has 9 heteroatoms. The molecular formula is C35H40ClN3O3SSi. The van der Waals surface area contributed by atoms with Crippen molar-refractivity contribution in [3.63, 3.8) is 0 Å². The fraction of sp³-hybridized carbons (Fsp3) is 0.286. The third kappa shape index (κ3) is 6.27.